The van der Waals surface area contributed by atoms with E-state index in [-0.39, 0.29) is 11.6 Å². The summed E-state index contributed by atoms with van der Waals surface area (Å²) in [5.41, 5.74) is 2.97. The number of carbonyl (C=O) groups excluding carboxylic acids is 2. The van der Waals surface area contributed by atoms with Crippen LogP contribution >= 0.6 is 0 Å². The molecule has 0 atom stereocenters. The van der Waals surface area contributed by atoms with Crippen molar-refractivity contribution < 1.29 is 9.59 Å². The number of carbonyl (C=O) groups is 2. The maximum absolute atomic E-state index is 11.4. The van der Waals surface area contributed by atoms with Crippen LogP contribution in [-0.2, 0) is 9.59 Å². The molecule has 0 aliphatic carbocycles. The minimum Gasteiger partial charge on any atom is -0.299 e. The second-order valence-corrected chi connectivity index (χ2v) is 4.08. The molecule has 0 aliphatic rings. The third-order valence-corrected chi connectivity index (χ3v) is 2.39. The zero-order valence-electron chi connectivity index (χ0n) is 9.63. The molecule has 0 aromatic heterocycles. The van der Waals surface area contributed by atoms with E-state index in [0.29, 0.717) is 0 Å². The van der Waals surface area contributed by atoms with Gasteiger partial charge in [-0.1, -0.05) is 29.3 Å². The zero-order chi connectivity index (χ0) is 11.6. The Morgan fingerprint density at radius 3 is 1.67 bits per heavy atom. The summed E-state index contributed by atoms with van der Waals surface area (Å²) < 4.78 is 0. The van der Waals surface area contributed by atoms with Gasteiger partial charge in [-0.05, 0) is 33.3 Å². The van der Waals surface area contributed by atoms with Gasteiger partial charge in [-0.3, -0.25) is 9.59 Å². The predicted molar refractivity (Wildman–Crippen MR) is 60.0 cm³/mol. The molecule has 0 saturated heterocycles. The topological polar surface area (TPSA) is 34.1 Å². The van der Waals surface area contributed by atoms with Crippen LogP contribution in [0.2, 0.25) is 0 Å². The highest BCUT2D eigenvalue weighted by atomic mass is 16.1. The second-order valence-electron chi connectivity index (χ2n) is 4.08. The first kappa shape index (κ1) is 11.6. The van der Waals surface area contributed by atoms with E-state index in [4.69, 9.17) is 0 Å². The minimum absolute atomic E-state index is 0.0903. The number of rotatable bonds is 3. The molecule has 1 rings (SSSR count). The van der Waals surface area contributed by atoms with Crippen LogP contribution in [0.25, 0.3) is 0 Å². The van der Waals surface area contributed by atoms with Gasteiger partial charge in [0, 0.05) is 0 Å². The Kier molecular flexibility index (Phi) is 3.40. The molecular formula is C13H16O2. The quantitative estimate of drug-likeness (QED) is 0.709. The van der Waals surface area contributed by atoms with Gasteiger partial charge >= 0.3 is 0 Å². The lowest BCUT2D eigenvalue weighted by Gasteiger charge is -2.12. The fourth-order valence-electron chi connectivity index (χ4n) is 1.93. The molecule has 1 aromatic carbocycles. The van der Waals surface area contributed by atoms with Gasteiger partial charge in [0.05, 0.1) is 0 Å². The van der Waals surface area contributed by atoms with Crippen LogP contribution in [-0.4, -0.2) is 11.6 Å². The molecule has 0 heterocycles. The van der Waals surface area contributed by atoms with Gasteiger partial charge in [0.15, 0.2) is 0 Å². The summed E-state index contributed by atoms with van der Waals surface area (Å²) in [6, 6.07) is 5.84. The highest BCUT2D eigenvalue weighted by molar-refractivity contribution is 6.05. The van der Waals surface area contributed by atoms with Crippen LogP contribution < -0.4 is 0 Å². The molecule has 0 N–H and O–H groups in total. The Morgan fingerprint density at radius 2 is 1.33 bits per heavy atom. The van der Waals surface area contributed by atoms with Crippen molar-refractivity contribution in [2.75, 3.05) is 0 Å². The first-order chi connectivity index (χ1) is 6.91. The van der Waals surface area contributed by atoms with Crippen molar-refractivity contribution >= 4 is 11.6 Å². The average Bonchev–Trinajstić information content (AvgIpc) is 1.99. The van der Waals surface area contributed by atoms with E-state index < -0.39 is 5.92 Å². The van der Waals surface area contributed by atoms with E-state index in [2.05, 4.69) is 0 Å². The monoisotopic (exact) mass is 204 g/mol. The summed E-state index contributed by atoms with van der Waals surface area (Å²) in [6.07, 6.45) is 0. The van der Waals surface area contributed by atoms with Gasteiger partial charge in [0.2, 0.25) is 0 Å². The number of ketones is 2. The molecule has 15 heavy (non-hydrogen) atoms. The lowest BCUT2D eigenvalue weighted by atomic mass is 9.90. The third-order valence-electron chi connectivity index (χ3n) is 2.39. The Bertz CT molecular complexity index is 371. The van der Waals surface area contributed by atoms with Gasteiger partial charge in [-0.25, -0.2) is 0 Å². The van der Waals surface area contributed by atoms with Crippen molar-refractivity contribution in [3.05, 3.63) is 34.9 Å². The molecule has 0 fully saturated rings. The Labute approximate surface area is 90.3 Å². The van der Waals surface area contributed by atoms with Gasteiger partial charge in [-0.2, -0.15) is 0 Å². The standard InChI is InChI=1S/C13H16O2/c1-8-5-9(2)7-12(6-8)13(10(3)14)11(4)15/h5-7,13H,1-4H3. The van der Waals surface area contributed by atoms with Gasteiger partial charge < -0.3 is 0 Å². The lowest BCUT2D eigenvalue weighted by molar-refractivity contribution is -0.126. The first-order valence-electron chi connectivity index (χ1n) is 5.01. The normalized spacial score (nSPS) is 10.5. The number of aryl methyl sites for hydroxylation is 2. The summed E-state index contributed by atoms with van der Waals surface area (Å²) in [6.45, 7) is 6.86. The van der Waals surface area contributed by atoms with Gasteiger partial charge in [0.1, 0.15) is 17.5 Å². The maximum Gasteiger partial charge on any atom is 0.144 e. The van der Waals surface area contributed by atoms with Crippen molar-refractivity contribution in [2.45, 2.75) is 33.6 Å². The molecule has 2 nitrogen and oxygen atoms in total. The molecule has 0 amide bonds. The van der Waals surface area contributed by atoms with Crippen molar-refractivity contribution in [1.82, 2.24) is 0 Å². The molecule has 0 saturated carbocycles. The van der Waals surface area contributed by atoms with Crippen molar-refractivity contribution in [2.24, 2.45) is 0 Å². The van der Waals surface area contributed by atoms with Crippen LogP contribution in [0.1, 0.15) is 36.5 Å². The average molecular weight is 204 g/mol. The molecular weight excluding hydrogens is 188 g/mol. The molecule has 0 bridgehead atoms. The molecule has 1 aromatic rings. The van der Waals surface area contributed by atoms with E-state index in [9.17, 15) is 9.59 Å². The second kappa shape index (κ2) is 4.39. The maximum atomic E-state index is 11.4. The first-order valence-corrected chi connectivity index (χ1v) is 5.01. The third kappa shape index (κ3) is 2.75. The molecule has 2 heteroatoms. The zero-order valence-corrected chi connectivity index (χ0v) is 9.63. The number of Topliss-reactive ketones (excluding diaryl/α,β-unsaturated/α-hetero) is 2. The molecule has 0 spiro atoms. The summed E-state index contributed by atoms with van der Waals surface area (Å²) in [7, 11) is 0. The van der Waals surface area contributed by atoms with Crippen LogP contribution in [0.5, 0.6) is 0 Å². The van der Waals surface area contributed by atoms with E-state index in [1.54, 1.807) is 0 Å². The largest absolute Gasteiger partial charge is 0.299 e. The Hall–Kier alpha value is -1.44. The molecule has 0 unspecified atom stereocenters. The predicted octanol–water partition coefficient (Wildman–Crippen LogP) is 2.57. The summed E-state index contributed by atoms with van der Waals surface area (Å²) in [4.78, 5) is 22.8. The van der Waals surface area contributed by atoms with E-state index in [0.717, 1.165) is 16.7 Å². The van der Waals surface area contributed by atoms with Crippen LogP contribution in [0.3, 0.4) is 0 Å². The van der Waals surface area contributed by atoms with E-state index >= 15 is 0 Å². The van der Waals surface area contributed by atoms with Crippen molar-refractivity contribution in [3.8, 4) is 0 Å². The van der Waals surface area contributed by atoms with Crippen molar-refractivity contribution in [1.29, 1.82) is 0 Å². The fraction of sp³-hybridized carbons (Fsp3) is 0.385. The Balaban J connectivity index is 3.22. The summed E-state index contributed by atoms with van der Waals surface area (Å²) in [5.74, 6) is -0.774. The number of benzene rings is 1. The fourth-order valence-corrected chi connectivity index (χ4v) is 1.93. The van der Waals surface area contributed by atoms with Gasteiger partial charge in [-0.15, -0.1) is 0 Å². The lowest BCUT2D eigenvalue weighted by Crippen LogP contribution is -2.17. The number of hydrogen-bond acceptors (Lipinski definition) is 2. The Morgan fingerprint density at radius 1 is 0.933 bits per heavy atom. The van der Waals surface area contributed by atoms with Gasteiger partial charge in [0.25, 0.3) is 0 Å². The van der Waals surface area contributed by atoms with Crippen LogP contribution in [0.4, 0.5) is 0 Å². The number of hydrogen-bond donors (Lipinski definition) is 0. The SMILES string of the molecule is CC(=O)C(C(C)=O)c1cc(C)cc(C)c1. The highest BCUT2D eigenvalue weighted by Crippen LogP contribution is 2.20. The molecule has 0 aliphatic heterocycles. The van der Waals surface area contributed by atoms with E-state index in [1.807, 2.05) is 32.0 Å². The molecule has 80 valence electrons. The van der Waals surface area contributed by atoms with Crippen LogP contribution in [0, 0.1) is 13.8 Å². The van der Waals surface area contributed by atoms with Crippen LogP contribution in [0.15, 0.2) is 18.2 Å². The summed E-state index contributed by atoms with van der Waals surface area (Å²) >= 11 is 0. The smallest absolute Gasteiger partial charge is 0.144 e. The van der Waals surface area contributed by atoms with Crippen molar-refractivity contribution in [3.63, 3.8) is 0 Å². The van der Waals surface area contributed by atoms with E-state index in [1.165, 1.54) is 13.8 Å². The molecule has 0 radical (unpaired) electrons. The highest BCUT2D eigenvalue weighted by Gasteiger charge is 2.21. The minimum atomic E-state index is -0.594. The summed E-state index contributed by atoms with van der Waals surface area (Å²) in [5, 5.41) is 0.